The molecule has 1 saturated heterocycles. The van der Waals surface area contributed by atoms with Crippen molar-refractivity contribution in [1.82, 2.24) is 15.5 Å². The van der Waals surface area contributed by atoms with Gasteiger partial charge in [-0.2, -0.15) is 0 Å². The van der Waals surface area contributed by atoms with Gasteiger partial charge >= 0.3 is 0 Å². The van der Waals surface area contributed by atoms with Gasteiger partial charge in [0.05, 0.1) is 13.2 Å². The fourth-order valence-electron chi connectivity index (χ4n) is 3.15. The van der Waals surface area contributed by atoms with E-state index >= 15 is 0 Å². The highest BCUT2D eigenvalue weighted by atomic mass is 127. The maximum absolute atomic E-state index is 6.13. The Morgan fingerprint density at radius 2 is 2.17 bits per heavy atom. The van der Waals surface area contributed by atoms with E-state index in [2.05, 4.69) is 66.5 Å². The van der Waals surface area contributed by atoms with Crippen molar-refractivity contribution in [3.63, 3.8) is 0 Å². The molecule has 1 fully saturated rings. The van der Waals surface area contributed by atoms with Gasteiger partial charge in [-0.3, -0.25) is 4.99 Å². The maximum atomic E-state index is 6.13. The van der Waals surface area contributed by atoms with Crippen molar-refractivity contribution in [3.8, 4) is 5.75 Å². The number of hydrogen-bond acceptors (Lipinski definition) is 4. The quantitative estimate of drug-likeness (QED) is 0.283. The second kappa shape index (κ2) is 14.0. The van der Waals surface area contributed by atoms with E-state index in [1.54, 1.807) is 7.05 Å². The van der Waals surface area contributed by atoms with E-state index in [1.807, 2.05) is 0 Å². The largest absolute Gasteiger partial charge is 0.493 e. The summed E-state index contributed by atoms with van der Waals surface area (Å²) in [4.78, 5) is 6.70. The number of ether oxygens (including phenoxy) is 2. The lowest BCUT2D eigenvalue weighted by molar-refractivity contribution is 0.166. The summed E-state index contributed by atoms with van der Waals surface area (Å²) in [5.74, 6) is 2.26. The third-order valence-electron chi connectivity index (χ3n) is 5.49. The third kappa shape index (κ3) is 9.09. The summed E-state index contributed by atoms with van der Waals surface area (Å²) in [5, 5.41) is 6.80. The first kappa shape index (κ1) is 26.0. The van der Waals surface area contributed by atoms with Gasteiger partial charge in [-0.25, -0.2) is 0 Å². The highest BCUT2D eigenvalue weighted by molar-refractivity contribution is 14.0. The predicted molar refractivity (Wildman–Crippen MR) is 132 cm³/mol. The van der Waals surface area contributed by atoms with Gasteiger partial charge in [0.25, 0.3) is 0 Å². The molecule has 0 bridgehead atoms. The number of nitrogens with one attached hydrogen (secondary N) is 2. The maximum Gasteiger partial charge on any atom is 0.191 e. The van der Waals surface area contributed by atoms with Crippen LogP contribution in [0.1, 0.15) is 37.8 Å². The second-order valence-electron chi connectivity index (χ2n) is 7.74. The summed E-state index contributed by atoms with van der Waals surface area (Å²) in [6, 6.07) is 6.96. The molecule has 0 saturated carbocycles. The fraction of sp³-hybridized carbons (Fsp3) is 0.682. The van der Waals surface area contributed by atoms with E-state index in [-0.39, 0.29) is 24.0 Å². The van der Waals surface area contributed by atoms with Crippen LogP contribution in [0.5, 0.6) is 5.75 Å². The van der Waals surface area contributed by atoms with Gasteiger partial charge < -0.3 is 25.0 Å². The van der Waals surface area contributed by atoms with Crippen LogP contribution in [0.25, 0.3) is 0 Å². The Morgan fingerprint density at radius 3 is 2.83 bits per heavy atom. The van der Waals surface area contributed by atoms with Gasteiger partial charge in [0.15, 0.2) is 5.96 Å². The molecule has 0 radical (unpaired) electrons. The number of aryl methyl sites for hydroxylation is 1. The number of nitrogens with zero attached hydrogens (tertiary/aromatic N) is 2. The molecule has 29 heavy (non-hydrogen) atoms. The van der Waals surface area contributed by atoms with Gasteiger partial charge in [0, 0.05) is 50.8 Å². The second-order valence-corrected chi connectivity index (χ2v) is 7.74. The molecule has 0 spiro atoms. The Bertz CT molecular complexity index is 621. The molecule has 166 valence electrons. The van der Waals surface area contributed by atoms with Crippen LogP contribution in [0, 0.1) is 12.8 Å². The summed E-state index contributed by atoms with van der Waals surface area (Å²) in [7, 11) is 3.97. The first-order chi connectivity index (χ1) is 13.5. The van der Waals surface area contributed by atoms with Gasteiger partial charge in [-0.15, -0.1) is 24.0 Å². The number of aliphatic imine (C=N–C) groups is 1. The zero-order valence-electron chi connectivity index (χ0n) is 18.7. The predicted octanol–water partition coefficient (Wildman–Crippen LogP) is 3.42. The van der Waals surface area contributed by atoms with Crippen LogP contribution in [0.3, 0.4) is 0 Å². The first-order valence-electron chi connectivity index (χ1n) is 10.5. The standard InChI is InChI=1S/C22H38N4O2.HI/c1-6-18(3)26(5)11-10-24-22(23-4)25-14-20-8-7-17(2)13-21(20)28-16-19-9-12-27-15-19;/h7-8,13,18-19H,6,9-12,14-16H2,1-5H3,(H2,23,24,25);1H. The molecule has 0 aliphatic carbocycles. The van der Waals surface area contributed by atoms with Gasteiger partial charge in [0.1, 0.15) is 5.75 Å². The molecule has 2 unspecified atom stereocenters. The molecule has 6 nitrogen and oxygen atoms in total. The lowest BCUT2D eigenvalue weighted by Crippen LogP contribution is -2.42. The van der Waals surface area contributed by atoms with Crippen molar-refractivity contribution >= 4 is 29.9 Å². The van der Waals surface area contributed by atoms with Crippen LogP contribution in [-0.4, -0.2) is 63.9 Å². The fourth-order valence-corrected chi connectivity index (χ4v) is 3.15. The lowest BCUT2D eigenvalue weighted by Gasteiger charge is -2.24. The molecule has 1 aromatic rings. The monoisotopic (exact) mass is 518 g/mol. The van der Waals surface area contributed by atoms with E-state index in [4.69, 9.17) is 9.47 Å². The van der Waals surface area contributed by atoms with E-state index < -0.39 is 0 Å². The van der Waals surface area contributed by atoms with Crippen molar-refractivity contribution in [2.24, 2.45) is 10.9 Å². The molecule has 2 N–H and O–H groups in total. The van der Waals surface area contributed by atoms with Gasteiger partial charge in [-0.05, 0) is 45.4 Å². The highest BCUT2D eigenvalue weighted by Crippen LogP contribution is 2.22. The van der Waals surface area contributed by atoms with Crippen LogP contribution < -0.4 is 15.4 Å². The molecule has 7 heteroatoms. The van der Waals surface area contributed by atoms with Crippen molar-refractivity contribution in [2.45, 2.75) is 46.2 Å². The van der Waals surface area contributed by atoms with Crippen molar-refractivity contribution in [2.75, 3.05) is 47.0 Å². The van der Waals surface area contributed by atoms with Gasteiger partial charge in [0.2, 0.25) is 0 Å². The molecule has 1 aliphatic heterocycles. The van der Waals surface area contributed by atoms with Crippen molar-refractivity contribution in [1.29, 1.82) is 0 Å². The summed E-state index contributed by atoms with van der Waals surface area (Å²) in [6.45, 7) is 11.5. The van der Waals surface area contributed by atoms with Crippen LogP contribution >= 0.6 is 24.0 Å². The lowest BCUT2D eigenvalue weighted by atomic mass is 10.1. The zero-order valence-corrected chi connectivity index (χ0v) is 21.0. The van der Waals surface area contributed by atoms with Crippen LogP contribution in [0.2, 0.25) is 0 Å². The van der Waals surface area contributed by atoms with Gasteiger partial charge in [-0.1, -0.05) is 19.1 Å². The normalized spacial score (nSPS) is 17.7. The summed E-state index contributed by atoms with van der Waals surface area (Å²) < 4.78 is 11.6. The molecule has 2 rings (SSSR count). The minimum absolute atomic E-state index is 0. The van der Waals surface area contributed by atoms with Crippen molar-refractivity contribution < 1.29 is 9.47 Å². The number of rotatable bonds is 10. The minimum atomic E-state index is 0. The molecule has 0 amide bonds. The molecule has 2 atom stereocenters. The number of guanidine groups is 1. The molecule has 0 aromatic heterocycles. The van der Waals surface area contributed by atoms with Crippen LogP contribution in [0.4, 0.5) is 0 Å². The van der Waals surface area contributed by atoms with E-state index in [1.165, 1.54) is 5.56 Å². The smallest absolute Gasteiger partial charge is 0.191 e. The Kier molecular flexibility index (Phi) is 12.6. The Hall–Kier alpha value is -1.06. The molecule has 1 aliphatic rings. The Balaban J connectivity index is 0.00000420. The molecule has 1 aromatic carbocycles. The first-order valence-corrected chi connectivity index (χ1v) is 10.5. The number of hydrogen-bond donors (Lipinski definition) is 2. The third-order valence-corrected chi connectivity index (χ3v) is 5.49. The number of halogens is 1. The highest BCUT2D eigenvalue weighted by Gasteiger charge is 2.17. The summed E-state index contributed by atoms with van der Waals surface area (Å²) in [5.41, 5.74) is 2.35. The Morgan fingerprint density at radius 1 is 1.38 bits per heavy atom. The number of likely N-dealkylation sites (N-methyl/N-ethyl adjacent to an activating group) is 1. The molecular weight excluding hydrogens is 479 g/mol. The van der Waals surface area contributed by atoms with E-state index in [9.17, 15) is 0 Å². The summed E-state index contributed by atoms with van der Waals surface area (Å²) in [6.07, 6.45) is 2.24. The van der Waals surface area contributed by atoms with E-state index in [0.717, 1.165) is 56.4 Å². The average Bonchev–Trinajstić information content (AvgIpc) is 3.22. The average molecular weight is 518 g/mol. The van der Waals surface area contributed by atoms with Crippen LogP contribution in [0.15, 0.2) is 23.2 Å². The van der Waals surface area contributed by atoms with Crippen molar-refractivity contribution in [3.05, 3.63) is 29.3 Å². The molecule has 1 heterocycles. The topological polar surface area (TPSA) is 58.1 Å². The SMILES string of the molecule is CCC(C)N(C)CCNC(=NC)NCc1ccc(C)cc1OCC1CCOC1.I. The minimum Gasteiger partial charge on any atom is -0.493 e. The van der Waals surface area contributed by atoms with Crippen LogP contribution in [-0.2, 0) is 11.3 Å². The van der Waals surface area contributed by atoms with E-state index in [0.29, 0.717) is 25.1 Å². The zero-order chi connectivity index (χ0) is 20.4. The summed E-state index contributed by atoms with van der Waals surface area (Å²) >= 11 is 0. The Labute approximate surface area is 193 Å². The molecular formula is C22H39IN4O2. The number of benzene rings is 1.